The molecule has 1 aliphatic rings. The molecule has 1 atom stereocenters. The molecule has 0 aromatic heterocycles. The molecule has 1 amide bonds. The molecular weight excluding hydrogens is 188 g/mol. The zero-order valence-corrected chi connectivity index (χ0v) is 10.4. The lowest BCUT2D eigenvalue weighted by Gasteiger charge is -2.27. The smallest absolute Gasteiger partial charge is 0.226 e. The van der Waals surface area contributed by atoms with Crippen LogP contribution >= 0.6 is 0 Å². The first kappa shape index (κ1) is 12.5. The SMILES string of the molecule is CNCC(C)C(=O)N(CC(C)C)C1CC1. The van der Waals surface area contributed by atoms with Gasteiger partial charge in [0.25, 0.3) is 0 Å². The Hall–Kier alpha value is -0.570. The lowest BCUT2D eigenvalue weighted by molar-refractivity contribution is -0.136. The summed E-state index contributed by atoms with van der Waals surface area (Å²) in [4.78, 5) is 14.2. The normalized spacial score (nSPS) is 17.9. The lowest BCUT2D eigenvalue weighted by atomic mass is 10.1. The van der Waals surface area contributed by atoms with E-state index in [1.54, 1.807) is 0 Å². The maximum Gasteiger partial charge on any atom is 0.226 e. The van der Waals surface area contributed by atoms with Crippen molar-refractivity contribution >= 4 is 5.91 Å². The van der Waals surface area contributed by atoms with Crippen molar-refractivity contribution in [2.75, 3.05) is 20.1 Å². The topological polar surface area (TPSA) is 32.3 Å². The number of carbonyl (C=O) groups excluding carboxylic acids is 1. The molecule has 0 aromatic rings. The van der Waals surface area contributed by atoms with Crippen molar-refractivity contribution in [1.82, 2.24) is 10.2 Å². The summed E-state index contributed by atoms with van der Waals surface area (Å²) in [6, 6.07) is 0.541. The average molecular weight is 212 g/mol. The molecule has 0 saturated heterocycles. The van der Waals surface area contributed by atoms with E-state index in [-0.39, 0.29) is 5.92 Å². The molecule has 88 valence electrons. The fraction of sp³-hybridized carbons (Fsp3) is 0.917. The van der Waals surface area contributed by atoms with E-state index in [0.717, 1.165) is 13.1 Å². The number of rotatable bonds is 6. The van der Waals surface area contributed by atoms with Crippen LogP contribution in [0.3, 0.4) is 0 Å². The van der Waals surface area contributed by atoms with Crippen molar-refractivity contribution in [3.8, 4) is 0 Å². The highest BCUT2D eigenvalue weighted by molar-refractivity contribution is 5.79. The molecule has 0 aromatic carbocycles. The van der Waals surface area contributed by atoms with E-state index >= 15 is 0 Å². The van der Waals surface area contributed by atoms with Crippen LogP contribution in [0.4, 0.5) is 0 Å². The Kier molecular flexibility index (Phi) is 4.58. The van der Waals surface area contributed by atoms with Gasteiger partial charge in [-0.05, 0) is 25.8 Å². The van der Waals surface area contributed by atoms with Gasteiger partial charge in [-0.2, -0.15) is 0 Å². The van der Waals surface area contributed by atoms with E-state index in [4.69, 9.17) is 0 Å². The Morgan fingerprint density at radius 1 is 1.40 bits per heavy atom. The van der Waals surface area contributed by atoms with Gasteiger partial charge in [0.2, 0.25) is 5.91 Å². The van der Waals surface area contributed by atoms with Crippen LogP contribution in [0.5, 0.6) is 0 Å². The minimum atomic E-state index is 0.106. The first-order valence-corrected chi connectivity index (χ1v) is 6.01. The molecule has 3 nitrogen and oxygen atoms in total. The second-order valence-corrected chi connectivity index (χ2v) is 5.07. The van der Waals surface area contributed by atoms with Crippen LogP contribution in [-0.4, -0.2) is 37.0 Å². The highest BCUT2D eigenvalue weighted by atomic mass is 16.2. The van der Waals surface area contributed by atoms with Gasteiger partial charge in [0.15, 0.2) is 0 Å². The van der Waals surface area contributed by atoms with Gasteiger partial charge in [0, 0.05) is 25.0 Å². The third-order valence-electron chi connectivity index (χ3n) is 2.76. The number of nitrogens with one attached hydrogen (secondary N) is 1. The lowest BCUT2D eigenvalue weighted by Crippen LogP contribution is -2.41. The summed E-state index contributed by atoms with van der Waals surface area (Å²) in [6.07, 6.45) is 2.40. The third-order valence-corrected chi connectivity index (χ3v) is 2.76. The Bertz CT molecular complexity index is 212. The molecular formula is C12H24N2O. The van der Waals surface area contributed by atoms with Gasteiger partial charge in [-0.15, -0.1) is 0 Å². The van der Waals surface area contributed by atoms with Crippen LogP contribution in [0.2, 0.25) is 0 Å². The number of amides is 1. The quantitative estimate of drug-likeness (QED) is 0.723. The van der Waals surface area contributed by atoms with Gasteiger partial charge >= 0.3 is 0 Å². The molecule has 0 heterocycles. The third kappa shape index (κ3) is 3.82. The van der Waals surface area contributed by atoms with Gasteiger partial charge in [-0.25, -0.2) is 0 Å². The van der Waals surface area contributed by atoms with E-state index in [0.29, 0.717) is 17.9 Å². The van der Waals surface area contributed by atoms with Crippen molar-refractivity contribution in [2.24, 2.45) is 11.8 Å². The van der Waals surface area contributed by atoms with Gasteiger partial charge in [-0.3, -0.25) is 4.79 Å². The van der Waals surface area contributed by atoms with Crippen molar-refractivity contribution in [3.05, 3.63) is 0 Å². The molecule has 1 saturated carbocycles. The van der Waals surface area contributed by atoms with Crippen molar-refractivity contribution < 1.29 is 4.79 Å². The summed E-state index contributed by atoms with van der Waals surface area (Å²) in [7, 11) is 1.90. The van der Waals surface area contributed by atoms with E-state index in [1.807, 2.05) is 14.0 Å². The molecule has 0 radical (unpaired) electrons. The first-order chi connectivity index (χ1) is 7.06. The van der Waals surface area contributed by atoms with Crippen molar-refractivity contribution in [3.63, 3.8) is 0 Å². The van der Waals surface area contributed by atoms with Gasteiger partial charge < -0.3 is 10.2 Å². The van der Waals surface area contributed by atoms with Crippen LogP contribution in [0.15, 0.2) is 0 Å². The molecule has 1 N–H and O–H groups in total. The first-order valence-electron chi connectivity index (χ1n) is 6.01. The summed E-state index contributed by atoms with van der Waals surface area (Å²) in [6.45, 7) is 8.04. The predicted molar refractivity (Wildman–Crippen MR) is 62.7 cm³/mol. The Morgan fingerprint density at radius 2 is 2.00 bits per heavy atom. The van der Waals surface area contributed by atoms with Crippen LogP contribution in [-0.2, 0) is 4.79 Å². The van der Waals surface area contributed by atoms with Crippen LogP contribution in [0.25, 0.3) is 0 Å². The molecule has 3 heteroatoms. The minimum Gasteiger partial charge on any atom is -0.339 e. The highest BCUT2D eigenvalue weighted by Crippen LogP contribution is 2.28. The summed E-state index contributed by atoms with van der Waals surface area (Å²) in [5, 5.41) is 3.07. The summed E-state index contributed by atoms with van der Waals surface area (Å²) in [5.74, 6) is 0.992. The predicted octanol–water partition coefficient (Wildman–Crippen LogP) is 1.49. The van der Waals surface area contributed by atoms with E-state index in [9.17, 15) is 4.79 Å². The zero-order chi connectivity index (χ0) is 11.4. The van der Waals surface area contributed by atoms with Gasteiger partial charge in [-0.1, -0.05) is 20.8 Å². The molecule has 1 rings (SSSR count). The highest BCUT2D eigenvalue weighted by Gasteiger charge is 2.34. The van der Waals surface area contributed by atoms with Crippen LogP contribution in [0, 0.1) is 11.8 Å². The second-order valence-electron chi connectivity index (χ2n) is 5.07. The second kappa shape index (κ2) is 5.50. The fourth-order valence-corrected chi connectivity index (χ4v) is 1.88. The van der Waals surface area contributed by atoms with E-state index < -0.39 is 0 Å². The van der Waals surface area contributed by atoms with Crippen LogP contribution in [0.1, 0.15) is 33.6 Å². The van der Waals surface area contributed by atoms with Crippen molar-refractivity contribution in [2.45, 2.75) is 39.7 Å². The molecule has 0 aliphatic heterocycles. The van der Waals surface area contributed by atoms with Crippen molar-refractivity contribution in [1.29, 1.82) is 0 Å². The fourth-order valence-electron chi connectivity index (χ4n) is 1.88. The molecule has 0 spiro atoms. The molecule has 1 fully saturated rings. The average Bonchev–Trinajstić information content (AvgIpc) is 2.96. The molecule has 15 heavy (non-hydrogen) atoms. The maximum absolute atomic E-state index is 12.1. The Morgan fingerprint density at radius 3 is 2.40 bits per heavy atom. The summed E-state index contributed by atoms with van der Waals surface area (Å²) >= 11 is 0. The summed E-state index contributed by atoms with van der Waals surface area (Å²) in [5.41, 5.74) is 0. The molecule has 1 unspecified atom stereocenters. The number of hydrogen-bond acceptors (Lipinski definition) is 2. The largest absolute Gasteiger partial charge is 0.339 e. The number of nitrogens with zero attached hydrogens (tertiary/aromatic N) is 1. The number of carbonyl (C=O) groups is 1. The van der Waals surface area contributed by atoms with Gasteiger partial charge in [0.1, 0.15) is 0 Å². The van der Waals surface area contributed by atoms with E-state index in [1.165, 1.54) is 12.8 Å². The Labute approximate surface area is 93.2 Å². The molecule has 0 bridgehead atoms. The van der Waals surface area contributed by atoms with E-state index in [2.05, 4.69) is 24.1 Å². The Balaban J connectivity index is 2.50. The minimum absolute atomic E-state index is 0.106. The zero-order valence-electron chi connectivity index (χ0n) is 10.4. The monoisotopic (exact) mass is 212 g/mol. The van der Waals surface area contributed by atoms with Gasteiger partial charge in [0.05, 0.1) is 0 Å². The molecule has 1 aliphatic carbocycles. The number of hydrogen-bond donors (Lipinski definition) is 1. The standard InChI is InChI=1S/C12H24N2O/c1-9(2)8-14(11-5-6-11)12(15)10(3)7-13-4/h9-11,13H,5-8H2,1-4H3. The maximum atomic E-state index is 12.1. The van der Waals surface area contributed by atoms with Crippen LogP contribution < -0.4 is 5.32 Å². The summed E-state index contributed by atoms with van der Waals surface area (Å²) < 4.78 is 0.